The van der Waals surface area contributed by atoms with Crippen molar-refractivity contribution in [3.8, 4) is 0 Å². The van der Waals surface area contributed by atoms with Crippen molar-refractivity contribution in [1.82, 2.24) is 9.78 Å². The molecule has 0 saturated heterocycles. The molecule has 0 atom stereocenters. The number of ketones is 1. The van der Waals surface area contributed by atoms with Gasteiger partial charge in [0.2, 0.25) is 5.78 Å². The summed E-state index contributed by atoms with van der Waals surface area (Å²) in [6, 6.07) is 5.41. The summed E-state index contributed by atoms with van der Waals surface area (Å²) >= 11 is 9.59. The number of carbonyl (C=O) groups is 1. The number of aromatic nitrogens is 2. The predicted molar refractivity (Wildman–Crippen MR) is 81.4 cm³/mol. The fourth-order valence-electron chi connectivity index (χ4n) is 1.89. The van der Waals surface area contributed by atoms with Gasteiger partial charge >= 0.3 is 0 Å². The molecule has 0 amide bonds. The van der Waals surface area contributed by atoms with Gasteiger partial charge in [-0.1, -0.05) is 23.7 Å². The zero-order valence-corrected chi connectivity index (χ0v) is 13.5. The second kappa shape index (κ2) is 6.52. The molecule has 4 nitrogen and oxygen atoms in total. The molecule has 0 N–H and O–H groups in total. The number of hydrogen-bond donors (Lipinski definition) is 0. The number of rotatable bonds is 5. The normalized spacial score (nSPS) is 10.8. The molecule has 0 bridgehead atoms. The fraction of sp³-hybridized carbons (Fsp3) is 0.286. The highest BCUT2D eigenvalue weighted by Gasteiger charge is 2.21. The molecule has 0 aliphatic heterocycles. The predicted octanol–water partition coefficient (Wildman–Crippen LogP) is 3.48. The lowest BCUT2D eigenvalue weighted by Crippen LogP contribution is -2.15. The van der Waals surface area contributed by atoms with Crippen molar-refractivity contribution in [2.45, 2.75) is 13.5 Å². The molecule has 2 rings (SSSR count). The number of aryl methyl sites for hydroxylation is 1. The van der Waals surface area contributed by atoms with E-state index in [-0.39, 0.29) is 5.78 Å². The summed E-state index contributed by atoms with van der Waals surface area (Å²) in [6.07, 6.45) is 1.60. The highest BCUT2D eigenvalue weighted by atomic mass is 79.9. The minimum Gasteiger partial charge on any atom is -0.383 e. The van der Waals surface area contributed by atoms with Gasteiger partial charge in [-0.2, -0.15) is 5.10 Å². The molecular formula is C14H14BrClN2O2. The zero-order chi connectivity index (χ0) is 14.7. The molecule has 0 unspecified atom stereocenters. The summed E-state index contributed by atoms with van der Waals surface area (Å²) in [5.74, 6) is -0.154. The number of hydrogen-bond acceptors (Lipinski definition) is 3. The average Bonchev–Trinajstić information content (AvgIpc) is 2.80. The Kier molecular flexibility index (Phi) is 4.96. The summed E-state index contributed by atoms with van der Waals surface area (Å²) in [4.78, 5) is 12.7. The molecule has 0 radical (unpaired) electrons. The fourth-order valence-corrected chi connectivity index (χ4v) is 2.57. The number of methoxy groups -OCH3 is 1. The van der Waals surface area contributed by atoms with Crippen LogP contribution in [0.5, 0.6) is 0 Å². The summed E-state index contributed by atoms with van der Waals surface area (Å²) in [6.45, 7) is 2.86. The first-order valence-corrected chi connectivity index (χ1v) is 7.23. The van der Waals surface area contributed by atoms with Crippen LogP contribution in [-0.4, -0.2) is 29.3 Å². The lowest BCUT2D eigenvalue weighted by molar-refractivity contribution is 0.102. The van der Waals surface area contributed by atoms with Gasteiger partial charge in [0.05, 0.1) is 28.8 Å². The average molecular weight is 358 g/mol. The first kappa shape index (κ1) is 15.2. The number of ether oxygens (including phenoxy) is 1. The van der Waals surface area contributed by atoms with Crippen molar-refractivity contribution in [2.75, 3.05) is 13.7 Å². The number of benzene rings is 1. The van der Waals surface area contributed by atoms with Gasteiger partial charge < -0.3 is 4.74 Å². The molecule has 0 spiro atoms. The topological polar surface area (TPSA) is 44.1 Å². The highest BCUT2D eigenvalue weighted by Crippen LogP contribution is 2.26. The summed E-state index contributed by atoms with van der Waals surface area (Å²) in [5, 5.41) is 4.65. The Morgan fingerprint density at radius 3 is 2.95 bits per heavy atom. The number of halogens is 2. The van der Waals surface area contributed by atoms with Crippen LogP contribution in [0.2, 0.25) is 5.02 Å². The molecule has 20 heavy (non-hydrogen) atoms. The van der Waals surface area contributed by atoms with Crippen LogP contribution >= 0.6 is 27.5 Å². The SMILES string of the molecule is COCCn1ncc(Br)c1C(=O)c1cccc(C)c1Cl. The van der Waals surface area contributed by atoms with E-state index in [1.807, 2.05) is 19.1 Å². The molecule has 1 aromatic heterocycles. The molecular weight excluding hydrogens is 344 g/mol. The molecule has 0 aliphatic rings. The lowest BCUT2D eigenvalue weighted by atomic mass is 10.1. The van der Waals surface area contributed by atoms with Crippen LogP contribution in [0.4, 0.5) is 0 Å². The monoisotopic (exact) mass is 356 g/mol. The Morgan fingerprint density at radius 1 is 1.50 bits per heavy atom. The van der Waals surface area contributed by atoms with Gasteiger partial charge in [0.1, 0.15) is 5.69 Å². The molecule has 6 heteroatoms. The maximum Gasteiger partial charge on any atom is 0.213 e. The van der Waals surface area contributed by atoms with Crippen LogP contribution in [0.15, 0.2) is 28.9 Å². The van der Waals surface area contributed by atoms with E-state index in [9.17, 15) is 4.79 Å². The zero-order valence-electron chi connectivity index (χ0n) is 11.2. The van der Waals surface area contributed by atoms with E-state index in [0.717, 1.165) is 5.56 Å². The Hall–Kier alpha value is -1.17. The summed E-state index contributed by atoms with van der Waals surface area (Å²) in [7, 11) is 1.61. The minimum atomic E-state index is -0.154. The van der Waals surface area contributed by atoms with Crippen LogP contribution in [0.1, 0.15) is 21.6 Å². The Bertz CT molecular complexity index is 640. The Morgan fingerprint density at radius 2 is 2.25 bits per heavy atom. The van der Waals surface area contributed by atoms with E-state index < -0.39 is 0 Å². The van der Waals surface area contributed by atoms with Gasteiger partial charge in [-0.15, -0.1) is 0 Å². The van der Waals surface area contributed by atoms with Crippen LogP contribution in [-0.2, 0) is 11.3 Å². The Labute approximate surface area is 130 Å². The van der Waals surface area contributed by atoms with Crippen molar-refractivity contribution < 1.29 is 9.53 Å². The van der Waals surface area contributed by atoms with Crippen molar-refractivity contribution >= 4 is 33.3 Å². The standard InChI is InChI=1S/C14H14BrClN2O2/c1-9-4-3-5-10(12(9)16)14(19)13-11(15)8-17-18(13)6-7-20-2/h3-5,8H,6-7H2,1-2H3. The van der Waals surface area contributed by atoms with Gasteiger partial charge in [-0.3, -0.25) is 9.48 Å². The first-order chi connectivity index (χ1) is 9.56. The Balaban J connectivity index is 2.43. The van der Waals surface area contributed by atoms with Crippen molar-refractivity contribution in [2.24, 2.45) is 0 Å². The van der Waals surface area contributed by atoms with E-state index in [4.69, 9.17) is 16.3 Å². The molecule has 0 aliphatic carbocycles. The van der Waals surface area contributed by atoms with Crippen LogP contribution in [0, 0.1) is 6.92 Å². The van der Waals surface area contributed by atoms with E-state index in [0.29, 0.717) is 33.9 Å². The highest BCUT2D eigenvalue weighted by molar-refractivity contribution is 9.10. The van der Waals surface area contributed by atoms with Crippen LogP contribution in [0.3, 0.4) is 0 Å². The third kappa shape index (κ3) is 2.95. The van der Waals surface area contributed by atoms with E-state index in [1.54, 1.807) is 24.1 Å². The quantitative estimate of drug-likeness (QED) is 0.770. The molecule has 2 aromatic rings. The molecule has 0 fully saturated rings. The van der Waals surface area contributed by atoms with Crippen molar-refractivity contribution in [1.29, 1.82) is 0 Å². The minimum absolute atomic E-state index is 0.154. The second-order valence-corrected chi connectivity index (χ2v) is 5.55. The lowest BCUT2D eigenvalue weighted by Gasteiger charge is -2.09. The first-order valence-electron chi connectivity index (χ1n) is 6.06. The van der Waals surface area contributed by atoms with Gasteiger partial charge in [-0.05, 0) is 34.5 Å². The van der Waals surface area contributed by atoms with E-state index in [1.165, 1.54) is 0 Å². The molecule has 106 valence electrons. The maximum atomic E-state index is 12.7. The van der Waals surface area contributed by atoms with Gasteiger partial charge in [-0.25, -0.2) is 0 Å². The van der Waals surface area contributed by atoms with Crippen LogP contribution < -0.4 is 0 Å². The molecule has 0 saturated carbocycles. The van der Waals surface area contributed by atoms with Crippen molar-refractivity contribution in [3.05, 3.63) is 50.7 Å². The van der Waals surface area contributed by atoms with E-state index in [2.05, 4.69) is 21.0 Å². The van der Waals surface area contributed by atoms with Gasteiger partial charge in [0.15, 0.2) is 0 Å². The number of carbonyl (C=O) groups excluding carboxylic acids is 1. The van der Waals surface area contributed by atoms with Crippen molar-refractivity contribution in [3.63, 3.8) is 0 Å². The summed E-state index contributed by atoms with van der Waals surface area (Å²) < 4.78 is 7.29. The van der Waals surface area contributed by atoms with Gasteiger partial charge in [0, 0.05) is 12.7 Å². The third-order valence-electron chi connectivity index (χ3n) is 2.95. The molecule has 1 heterocycles. The third-order valence-corrected chi connectivity index (χ3v) is 4.04. The second-order valence-electron chi connectivity index (χ2n) is 4.32. The largest absolute Gasteiger partial charge is 0.383 e. The van der Waals surface area contributed by atoms with E-state index >= 15 is 0 Å². The molecule has 1 aromatic carbocycles. The summed E-state index contributed by atoms with van der Waals surface area (Å²) in [5.41, 5.74) is 1.83. The smallest absolute Gasteiger partial charge is 0.213 e. The number of nitrogens with zero attached hydrogens (tertiary/aromatic N) is 2. The maximum absolute atomic E-state index is 12.7. The van der Waals surface area contributed by atoms with Crippen LogP contribution in [0.25, 0.3) is 0 Å². The van der Waals surface area contributed by atoms with Gasteiger partial charge in [0.25, 0.3) is 0 Å².